The zero-order chi connectivity index (χ0) is 23.3. The normalized spacial score (nSPS) is 28.2. The van der Waals surface area contributed by atoms with Crippen LogP contribution in [0.5, 0.6) is 0 Å². The van der Waals surface area contributed by atoms with Crippen molar-refractivity contribution in [3.8, 4) is 0 Å². The van der Waals surface area contributed by atoms with E-state index in [0.717, 1.165) is 42.6 Å². The Labute approximate surface area is 198 Å². The minimum Gasteiger partial charge on any atom is -0.465 e. The van der Waals surface area contributed by atoms with E-state index in [-0.39, 0.29) is 22.8 Å². The zero-order valence-corrected chi connectivity index (χ0v) is 20.0. The summed E-state index contributed by atoms with van der Waals surface area (Å²) in [4.78, 5) is 41.8. The molecular weight excluding hydrogens is 453 g/mol. The van der Waals surface area contributed by atoms with Gasteiger partial charge in [0.2, 0.25) is 0 Å². The third kappa shape index (κ3) is 3.54. The Morgan fingerprint density at radius 1 is 1.09 bits per heavy atom. The van der Waals surface area contributed by atoms with Gasteiger partial charge in [-0.25, -0.2) is 14.4 Å². The van der Waals surface area contributed by atoms with E-state index < -0.39 is 23.0 Å². The number of likely N-dealkylation sites (tertiary alicyclic amines) is 1. The molecule has 2 N–H and O–H groups in total. The quantitative estimate of drug-likeness (QED) is 0.502. The minimum atomic E-state index is -1.43. The van der Waals surface area contributed by atoms with Gasteiger partial charge in [0.25, 0.3) is 0 Å². The van der Waals surface area contributed by atoms with Crippen LogP contribution in [0.3, 0.4) is 0 Å². The van der Waals surface area contributed by atoms with Gasteiger partial charge in [0.15, 0.2) is 5.54 Å². The Balaban J connectivity index is 1.86. The molecule has 3 aliphatic rings. The summed E-state index contributed by atoms with van der Waals surface area (Å²) in [6, 6.07) is 5.15. The van der Waals surface area contributed by atoms with E-state index in [4.69, 9.17) is 23.2 Å². The molecule has 0 aromatic heterocycles. The number of nitrogens with zero attached hydrogens (tertiary/aromatic N) is 2. The molecule has 1 saturated carbocycles. The second-order valence-electron chi connectivity index (χ2n) is 9.77. The number of imide groups is 1. The SMILES string of the molecule is CN(C(=O)O)[C@@]1(C(=O)[N+]2(C(=O)C3(C)CC3)CCCCC2)CNC[C@@H]1c1ccc(Cl)c(Cl)c1. The highest BCUT2D eigenvalue weighted by molar-refractivity contribution is 6.42. The van der Waals surface area contributed by atoms with Crippen LogP contribution in [0.1, 0.15) is 50.5 Å². The van der Waals surface area contributed by atoms with Crippen molar-refractivity contribution in [2.45, 2.75) is 50.5 Å². The first kappa shape index (κ1) is 23.5. The van der Waals surface area contributed by atoms with Crippen LogP contribution in [0.25, 0.3) is 0 Å². The fourth-order valence-corrected chi connectivity index (χ4v) is 5.86. The van der Waals surface area contributed by atoms with E-state index in [1.165, 1.54) is 7.05 Å². The topological polar surface area (TPSA) is 86.7 Å². The summed E-state index contributed by atoms with van der Waals surface area (Å²) in [6.45, 7) is 3.32. The van der Waals surface area contributed by atoms with Crippen LogP contribution in [0, 0.1) is 5.41 Å². The number of piperidine rings is 1. The standard InChI is InChI=1S/C23H29Cl2N3O4/c1-22(8-9-22)19(29)28(10-4-3-5-11-28)20(30)23(27(2)21(31)32)14-26-13-16(23)15-6-7-17(24)18(25)12-15/h6-7,12,16,26H,3-5,8-11,13-14H2,1-2H3/p+1/t16-,23+/m1/s1. The van der Waals surface area contributed by atoms with E-state index >= 15 is 0 Å². The summed E-state index contributed by atoms with van der Waals surface area (Å²) in [6.07, 6.45) is 2.85. The molecule has 1 aliphatic carbocycles. The number of quaternary nitrogens is 1. The largest absolute Gasteiger partial charge is 0.465 e. The van der Waals surface area contributed by atoms with E-state index in [1.807, 2.05) is 6.92 Å². The fourth-order valence-electron chi connectivity index (χ4n) is 5.55. The molecule has 2 heterocycles. The number of carboxylic acid groups (broad SMARTS) is 1. The molecule has 0 unspecified atom stereocenters. The second-order valence-corrected chi connectivity index (χ2v) is 10.6. The molecule has 1 aromatic rings. The Morgan fingerprint density at radius 2 is 1.75 bits per heavy atom. The molecule has 2 atom stereocenters. The smallest absolute Gasteiger partial charge is 0.408 e. The number of amides is 3. The molecule has 4 rings (SSSR count). The number of nitrogens with one attached hydrogen (secondary N) is 1. The summed E-state index contributed by atoms with van der Waals surface area (Å²) in [5.74, 6) is -0.871. The Hall–Kier alpha value is -1.67. The first-order chi connectivity index (χ1) is 15.1. The lowest BCUT2D eigenvalue weighted by molar-refractivity contribution is -0.790. The maximum Gasteiger partial charge on any atom is 0.408 e. The summed E-state index contributed by atoms with van der Waals surface area (Å²) in [5, 5.41) is 14.0. The molecular formula is C23H30Cl2N3O4+. The van der Waals surface area contributed by atoms with E-state index in [9.17, 15) is 19.5 Å². The third-order valence-corrected chi connectivity index (χ3v) is 8.53. The van der Waals surface area contributed by atoms with E-state index in [2.05, 4.69) is 5.32 Å². The van der Waals surface area contributed by atoms with Crippen LogP contribution in [0.2, 0.25) is 10.0 Å². The highest BCUT2D eigenvalue weighted by Crippen LogP contribution is 2.50. The van der Waals surface area contributed by atoms with Gasteiger partial charge in [0.1, 0.15) is 0 Å². The van der Waals surface area contributed by atoms with Crippen LogP contribution >= 0.6 is 23.2 Å². The number of hydrogen-bond donors (Lipinski definition) is 2. The van der Waals surface area contributed by atoms with Gasteiger partial charge in [0, 0.05) is 26.1 Å². The number of hydrogen-bond acceptors (Lipinski definition) is 4. The number of carbonyl (C=O) groups is 3. The van der Waals surface area contributed by atoms with Crippen molar-refractivity contribution in [2.24, 2.45) is 5.41 Å². The third-order valence-electron chi connectivity index (χ3n) is 7.79. The molecule has 0 spiro atoms. The molecule has 32 heavy (non-hydrogen) atoms. The second kappa shape index (κ2) is 8.28. The molecule has 0 bridgehead atoms. The van der Waals surface area contributed by atoms with Crippen molar-refractivity contribution >= 4 is 41.1 Å². The maximum absolute atomic E-state index is 14.6. The fraction of sp³-hybridized carbons (Fsp3) is 0.609. The van der Waals surface area contributed by atoms with Crippen LogP contribution in [0.15, 0.2) is 18.2 Å². The molecule has 1 aromatic carbocycles. The number of rotatable bonds is 4. The van der Waals surface area contributed by atoms with Crippen molar-refractivity contribution in [1.29, 1.82) is 0 Å². The zero-order valence-electron chi connectivity index (χ0n) is 18.5. The highest BCUT2D eigenvalue weighted by Gasteiger charge is 2.67. The Kier molecular flexibility index (Phi) is 6.07. The van der Waals surface area contributed by atoms with Crippen LogP contribution in [0.4, 0.5) is 4.79 Å². The van der Waals surface area contributed by atoms with Crippen molar-refractivity contribution in [3.63, 3.8) is 0 Å². The predicted molar refractivity (Wildman–Crippen MR) is 122 cm³/mol. The van der Waals surface area contributed by atoms with Gasteiger partial charge in [0.05, 0.1) is 28.5 Å². The summed E-state index contributed by atoms with van der Waals surface area (Å²) < 4.78 is -0.270. The number of halogens is 2. The van der Waals surface area contributed by atoms with E-state index in [0.29, 0.717) is 29.7 Å². The van der Waals surface area contributed by atoms with Crippen molar-refractivity contribution in [3.05, 3.63) is 33.8 Å². The lowest BCUT2D eigenvalue weighted by atomic mass is 9.78. The van der Waals surface area contributed by atoms with Gasteiger partial charge in [-0.3, -0.25) is 4.90 Å². The van der Waals surface area contributed by atoms with Gasteiger partial charge in [-0.1, -0.05) is 29.3 Å². The first-order valence-electron chi connectivity index (χ1n) is 11.2. The molecule has 7 nitrogen and oxygen atoms in total. The molecule has 2 saturated heterocycles. The highest BCUT2D eigenvalue weighted by atomic mass is 35.5. The molecule has 174 valence electrons. The Morgan fingerprint density at radius 3 is 2.31 bits per heavy atom. The van der Waals surface area contributed by atoms with Gasteiger partial charge >= 0.3 is 17.9 Å². The van der Waals surface area contributed by atoms with Crippen LogP contribution < -0.4 is 5.32 Å². The molecule has 2 aliphatic heterocycles. The minimum absolute atomic E-state index is 0.0554. The van der Waals surface area contributed by atoms with Crippen molar-refractivity contribution in [2.75, 3.05) is 33.2 Å². The lowest BCUT2D eigenvalue weighted by Gasteiger charge is -2.47. The molecule has 3 amide bonds. The monoisotopic (exact) mass is 482 g/mol. The van der Waals surface area contributed by atoms with Crippen LogP contribution in [-0.2, 0) is 9.59 Å². The Bertz CT molecular complexity index is 959. The number of carbonyl (C=O) groups excluding carboxylic acids is 2. The van der Waals surface area contributed by atoms with Gasteiger partial charge in [-0.05, 0) is 56.7 Å². The summed E-state index contributed by atoms with van der Waals surface area (Å²) in [7, 11) is 1.43. The number of benzene rings is 1. The van der Waals surface area contributed by atoms with Gasteiger partial charge in [-0.15, -0.1) is 0 Å². The van der Waals surface area contributed by atoms with Crippen molar-refractivity contribution in [1.82, 2.24) is 10.2 Å². The first-order valence-corrected chi connectivity index (χ1v) is 11.9. The number of likely N-dealkylation sites (N-methyl/N-ethyl adjacent to an activating group) is 1. The average Bonchev–Trinajstić information content (AvgIpc) is 3.38. The molecule has 0 radical (unpaired) electrons. The van der Waals surface area contributed by atoms with Crippen molar-refractivity contribution < 1.29 is 24.0 Å². The van der Waals surface area contributed by atoms with Gasteiger partial charge in [-0.2, -0.15) is 4.48 Å². The summed E-state index contributed by atoms with van der Waals surface area (Å²) >= 11 is 12.4. The average molecular weight is 483 g/mol. The molecule has 3 fully saturated rings. The lowest BCUT2D eigenvalue weighted by Crippen LogP contribution is -2.73. The summed E-state index contributed by atoms with van der Waals surface area (Å²) in [5.41, 5.74) is -1.20. The maximum atomic E-state index is 14.6. The van der Waals surface area contributed by atoms with E-state index in [1.54, 1.807) is 18.2 Å². The predicted octanol–water partition coefficient (Wildman–Crippen LogP) is 3.88. The van der Waals surface area contributed by atoms with Gasteiger partial charge < -0.3 is 10.4 Å². The van der Waals surface area contributed by atoms with Crippen LogP contribution in [-0.4, -0.2) is 71.2 Å². The molecule has 9 heteroatoms.